The lowest BCUT2D eigenvalue weighted by molar-refractivity contribution is 0.0488. The fourth-order valence-electron chi connectivity index (χ4n) is 1.73. The number of esters is 1. The van der Waals surface area contributed by atoms with Gasteiger partial charge in [-0.2, -0.15) is 0 Å². The molecule has 0 aliphatic carbocycles. The van der Waals surface area contributed by atoms with Crippen LogP contribution in [0.4, 0.5) is 5.69 Å². The van der Waals surface area contributed by atoms with Crippen LogP contribution in [0.3, 0.4) is 0 Å². The summed E-state index contributed by atoms with van der Waals surface area (Å²) < 4.78 is 5.27. The molecule has 1 rings (SSSR count). The van der Waals surface area contributed by atoms with Crippen molar-refractivity contribution in [3.05, 3.63) is 29.8 Å². The summed E-state index contributed by atoms with van der Waals surface area (Å²) in [4.78, 5) is 11.9. The Morgan fingerprint density at radius 1 is 1.15 bits per heavy atom. The summed E-state index contributed by atoms with van der Waals surface area (Å²) in [6.07, 6.45) is 2.02. The zero-order valence-electron chi connectivity index (χ0n) is 13.1. The van der Waals surface area contributed by atoms with Gasteiger partial charge in [-0.15, -0.1) is 0 Å². The number of hydrogen-bond donors (Lipinski definition) is 1. The highest BCUT2D eigenvalue weighted by atomic mass is 16.5. The van der Waals surface area contributed by atoms with Gasteiger partial charge >= 0.3 is 5.97 Å². The highest BCUT2D eigenvalue weighted by Gasteiger charge is 2.08. The van der Waals surface area contributed by atoms with Crippen molar-refractivity contribution in [2.24, 2.45) is 11.8 Å². The van der Waals surface area contributed by atoms with Crippen molar-refractivity contribution in [3.63, 3.8) is 0 Å². The van der Waals surface area contributed by atoms with E-state index in [-0.39, 0.29) is 5.97 Å². The first-order valence-electron chi connectivity index (χ1n) is 7.50. The van der Waals surface area contributed by atoms with Gasteiger partial charge in [0.2, 0.25) is 0 Å². The van der Waals surface area contributed by atoms with E-state index >= 15 is 0 Å². The van der Waals surface area contributed by atoms with Crippen LogP contribution in [-0.2, 0) is 4.74 Å². The van der Waals surface area contributed by atoms with Gasteiger partial charge in [-0.05, 0) is 42.9 Å². The quantitative estimate of drug-likeness (QED) is 0.718. The molecule has 0 saturated carbocycles. The molecule has 3 heteroatoms. The molecular formula is C17H27NO2. The van der Waals surface area contributed by atoms with E-state index in [0.717, 1.165) is 25.1 Å². The van der Waals surface area contributed by atoms with E-state index in [1.54, 1.807) is 6.07 Å². The van der Waals surface area contributed by atoms with Gasteiger partial charge in [-0.1, -0.05) is 33.8 Å². The molecule has 0 unspecified atom stereocenters. The molecule has 0 radical (unpaired) electrons. The normalized spacial score (nSPS) is 10.9. The minimum absolute atomic E-state index is 0.238. The Morgan fingerprint density at radius 3 is 2.50 bits per heavy atom. The minimum atomic E-state index is -0.238. The molecule has 3 nitrogen and oxygen atoms in total. The number of hydrogen-bond acceptors (Lipinski definition) is 3. The third-order valence-corrected chi connectivity index (χ3v) is 3.08. The van der Waals surface area contributed by atoms with Gasteiger partial charge in [0.05, 0.1) is 12.2 Å². The van der Waals surface area contributed by atoms with Crippen molar-refractivity contribution in [2.45, 2.75) is 40.5 Å². The highest BCUT2D eigenvalue weighted by Crippen LogP contribution is 2.13. The van der Waals surface area contributed by atoms with E-state index < -0.39 is 0 Å². The average molecular weight is 277 g/mol. The molecule has 20 heavy (non-hydrogen) atoms. The summed E-state index contributed by atoms with van der Waals surface area (Å²) in [7, 11) is 0. The Bertz CT molecular complexity index is 413. The molecule has 0 aromatic heterocycles. The second kappa shape index (κ2) is 8.62. The standard InChI is InChI=1S/C17H27NO2/c1-13(2)8-10-18-16-7-5-6-15(12-16)17(19)20-11-9-14(3)4/h5-7,12-14,18H,8-11H2,1-4H3. The van der Waals surface area contributed by atoms with Crippen LogP contribution in [0.1, 0.15) is 50.9 Å². The molecule has 0 heterocycles. The monoisotopic (exact) mass is 277 g/mol. The molecule has 1 aromatic carbocycles. The fourth-order valence-corrected chi connectivity index (χ4v) is 1.73. The van der Waals surface area contributed by atoms with Gasteiger partial charge in [0.15, 0.2) is 0 Å². The van der Waals surface area contributed by atoms with Crippen LogP contribution in [0.15, 0.2) is 24.3 Å². The number of benzene rings is 1. The van der Waals surface area contributed by atoms with E-state index in [9.17, 15) is 4.79 Å². The number of carbonyl (C=O) groups is 1. The lowest BCUT2D eigenvalue weighted by atomic mass is 10.1. The Hall–Kier alpha value is -1.51. The molecular weight excluding hydrogens is 250 g/mol. The third-order valence-electron chi connectivity index (χ3n) is 3.08. The minimum Gasteiger partial charge on any atom is -0.462 e. The Labute approximate surface area is 122 Å². The van der Waals surface area contributed by atoms with Crippen molar-refractivity contribution >= 4 is 11.7 Å². The van der Waals surface area contributed by atoms with Crippen LogP contribution < -0.4 is 5.32 Å². The van der Waals surface area contributed by atoms with E-state index in [4.69, 9.17) is 4.74 Å². The SMILES string of the molecule is CC(C)CCNc1cccc(C(=O)OCCC(C)C)c1. The Kier molecular flexibility index (Phi) is 7.13. The first kappa shape index (κ1) is 16.5. The maximum Gasteiger partial charge on any atom is 0.338 e. The second-order valence-electron chi connectivity index (χ2n) is 6.01. The molecule has 0 saturated heterocycles. The molecule has 1 N–H and O–H groups in total. The molecule has 0 fully saturated rings. The van der Waals surface area contributed by atoms with Crippen molar-refractivity contribution in [3.8, 4) is 0 Å². The zero-order chi connectivity index (χ0) is 15.0. The third kappa shape index (κ3) is 6.60. The molecule has 0 bridgehead atoms. The largest absolute Gasteiger partial charge is 0.462 e. The first-order valence-corrected chi connectivity index (χ1v) is 7.50. The van der Waals surface area contributed by atoms with Crippen LogP contribution in [0, 0.1) is 11.8 Å². The van der Waals surface area contributed by atoms with Gasteiger partial charge < -0.3 is 10.1 Å². The topological polar surface area (TPSA) is 38.3 Å². The Morgan fingerprint density at radius 2 is 1.85 bits per heavy atom. The van der Waals surface area contributed by atoms with Crippen LogP contribution in [-0.4, -0.2) is 19.1 Å². The van der Waals surface area contributed by atoms with Crippen molar-refractivity contribution in [2.75, 3.05) is 18.5 Å². The Balaban J connectivity index is 2.47. The van der Waals surface area contributed by atoms with Crippen LogP contribution in [0.5, 0.6) is 0 Å². The van der Waals surface area contributed by atoms with E-state index in [0.29, 0.717) is 24.0 Å². The van der Waals surface area contributed by atoms with Gasteiger partial charge in [0, 0.05) is 12.2 Å². The maximum absolute atomic E-state index is 11.9. The lowest BCUT2D eigenvalue weighted by Crippen LogP contribution is -2.09. The molecule has 1 aromatic rings. The molecule has 0 aliphatic heterocycles. The van der Waals surface area contributed by atoms with Gasteiger partial charge in [0.1, 0.15) is 0 Å². The number of anilines is 1. The van der Waals surface area contributed by atoms with E-state index in [1.807, 2.05) is 18.2 Å². The van der Waals surface area contributed by atoms with Crippen molar-refractivity contribution in [1.29, 1.82) is 0 Å². The van der Waals surface area contributed by atoms with Crippen molar-refractivity contribution in [1.82, 2.24) is 0 Å². The molecule has 0 amide bonds. The number of carbonyl (C=O) groups excluding carboxylic acids is 1. The van der Waals surface area contributed by atoms with Crippen LogP contribution in [0.25, 0.3) is 0 Å². The fraction of sp³-hybridized carbons (Fsp3) is 0.588. The summed E-state index contributed by atoms with van der Waals surface area (Å²) in [6, 6.07) is 7.52. The summed E-state index contributed by atoms with van der Waals surface area (Å²) in [5, 5.41) is 3.34. The first-order chi connectivity index (χ1) is 9.49. The molecule has 0 atom stereocenters. The lowest BCUT2D eigenvalue weighted by Gasteiger charge is -2.10. The number of rotatable bonds is 8. The molecule has 112 valence electrons. The summed E-state index contributed by atoms with van der Waals surface area (Å²) in [6.45, 7) is 10.0. The second-order valence-corrected chi connectivity index (χ2v) is 6.01. The predicted octanol–water partition coefficient (Wildman–Crippen LogP) is 4.35. The van der Waals surface area contributed by atoms with E-state index in [1.165, 1.54) is 0 Å². The highest BCUT2D eigenvalue weighted by molar-refractivity contribution is 5.90. The summed E-state index contributed by atoms with van der Waals surface area (Å²) in [5.41, 5.74) is 1.59. The maximum atomic E-state index is 11.9. The molecule has 0 spiro atoms. The van der Waals surface area contributed by atoms with Crippen LogP contribution >= 0.6 is 0 Å². The smallest absolute Gasteiger partial charge is 0.338 e. The summed E-state index contributed by atoms with van der Waals surface area (Å²) >= 11 is 0. The van der Waals surface area contributed by atoms with Gasteiger partial charge in [0.25, 0.3) is 0 Å². The predicted molar refractivity (Wildman–Crippen MR) is 84.1 cm³/mol. The average Bonchev–Trinajstić information content (AvgIpc) is 2.38. The van der Waals surface area contributed by atoms with Crippen LogP contribution in [0.2, 0.25) is 0 Å². The summed E-state index contributed by atoms with van der Waals surface area (Å²) in [5.74, 6) is 0.983. The number of ether oxygens (including phenoxy) is 1. The molecule has 0 aliphatic rings. The zero-order valence-corrected chi connectivity index (χ0v) is 13.1. The van der Waals surface area contributed by atoms with Crippen molar-refractivity contribution < 1.29 is 9.53 Å². The van der Waals surface area contributed by atoms with Gasteiger partial charge in [-0.25, -0.2) is 4.79 Å². The number of nitrogens with one attached hydrogen (secondary N) is 1. The van der Waals surface area contributed by atoms with Gasteiger partial charge in [-0.3, -0.25) is 0 Å². The van der Waals surface area contributed by atoms with E-state index in [2.05, 4.69) is 33.0 Å².